The predicted octanol–water partition coefficient (Wildman–Crippen LogP) is 3.44. The molecule has 116 valence electrons. The van der Waals surface area contributed by atoms with Crippen LogP contribution in [0, 0.1) is 0 Å². The lowest BCUT2D eigenvalue weighted by Gasteiger charge is -2.11. The van der Waals surface area contributed by atoms with Crippen molar-refractivity contribution in [2.24, 2.45) is 0 Å². The minimum atomic E-state index is -0.0891. The first kappa shape index (κ1) is 16.4. The number of ether oxygens (including phenoxy) is 2. The van der Waals surface area contributed by atoms with Gasteiger partial charge in [-0.15, -0.1) is 0 Å². The monoisotopic (exact) mass is 363 g/mol. The van der Waals surface area contributed by atoms with Crippen molar-refractivity contribution in [3.05, 3.63) is 58.1 Å². The fourth-order valence-electron chi connectivity index (χ4n) is 2.10. The summed E-state index contributed by atoms with van der Waals surface area (Å²) in [7, 11) is 3.24. The number of carbonyl (C=O) groups excluding carboxylic acids is 1. The second-order valence-corrected chi connectivity index (χ2v) is 5.61. The summed E-state index contributed by atoms with van der Waals surface area (Å²) in [5.41, 5.74) is 1.66. The van der Waals surface area contributed by atoms with E-state index in [-0.39, 0.29) is 5.91 Å². The van der Waals surface area contributed by atoms with Crippen LogP contribution in [0.15, 0.2) is 46.9 Å². The smallest absolute Gasteiger partial charge is 0.251 e. The maximum atomic E-state index is 12.1. The molecule has 1 amide bonds. The zero-order valence-corrected chi connectivity index (χ0v) is 14.1. The zero-order chi connectivity index (χ0) is 15.9. The van der Waals surface area contributed by atoms with E-state index in [2.05, 4.69) is 21.2 Å². The summed E-state index contributed by atoms with van der Waals surface area (Å²) in [6.07, 6.45) is 0.687. The molecule has 1 N–H and O–H groups in total. The van der Waals surface area contributed by atoms with Crippen LogP contribution in [0.3, 0.4) is 0 Å². The van der Waals surface area contributed by atoms with Gasteiger partial charge in [0.25, 0.3) is 5.91 Å². The molecule has 0 aliphatic carbocycles. The van der Waals surface area contributed by atoms with Crippen LogP contribution in [-0.4, -0.2) is 26.7 Å². The Morgan fingerprint density at radius 3 is 2.64 bits per heavy atom. The van der Waals surface area contributed by atoms with Crippen molar-refractivity contribution in [1.82, 2.24) is 5.32 Å². The molecule has 2 rings (SSSR count). The largest absolute Gasteiger partial charge is 0.497 e. The molecule has 2 aromatic rings. The molecule has 0 bridgehead atoms. The summed E-state index contributed by atoms with van der Waals surface area (Å²) < 4.78 is 11.4. The lowest BCUT2D eigenvalue weighted by Crippen LogP contribution is -2.25. The Morgan fingerprint density at radius 2 is 1.95 bits per heavy atom. The normalized spacial score (nSPS) is 10.1. The highest BCUT2D eigenvalue weighted by atomic mass is 79.9. The van der Waals surface area contributed by atoms with E-state index in [4.69, 9.17) is 9.47 Å². The Hall–Kier alpha value is -2.01. The topological polar surface area (TPSA) is 47.6 Å². The SMILES string of the molecule is COc1ccc(CCNC(=O)c2cccc(Br)c2)c(OC)c1. The van der Waals surface area contributed by atoms with Gasteiger partial charge >= 0.3 is 0 Å². The second-order valence-electron chi connectivity index (χ2n) is 4.69. The third-order valence-corrected chi connectivity index (χ3v) is 3.75. The van der Waals surface area contributed by atoms with Gasteiger partial charge in [0.15, 0.2) is 0 Å². The highest BCUT2D eigenvalue weighted by Gasteiger charge is 2.08. The summed E-state index contributed by atoms with van der Waals surface area (Å²) in [5, 5.41) is 2.91. The molecule has 0 saturated carbocycles. The molecule has 2 aromatic carbocycles. The number of methoxy groups -OCH3 is 2. The number of hydrogen-bond acceptors (Lipinski definition) is 3. The number of nitrogens with one attached hydrogen (secondary N) is 1. The Balaban J connectivity index is 1.95. The van der Waals surface area contributed by atoms with Gasteiger partial charge in [-0.1, -0.05) is 28.1 Å². The minimum absolute atomic E-state index is 0.0891. The van der Waals surface area contributed by atoms with Gasteiger partial charge in [0.1, 0.15) is 11.5 Å². The van der Waals surface area contributed by atoms with Crippen LogP contribution in [0.4, 0.5) is 0 Å². The summed E-state index contributed by atoms with van der Waals surface area (Å²) in [6, 6.07) is 13.0. The molecular formula is C17H18BrNO3. The standard InChI is InChI=1S/C17H18BrNO3/c1-21-15-7-6-12(16(11-15)22-2)8-9-19-17(20)13-4-3-5-14(18)10-13/h3-7,10-11H,8-9H2,1-2H3,(H,19,20). The Labute approximate surface area is 138 Å². The summed E-state index contributed by atoms with van der Waals surface area (Å²) in [5.74, 6) is 1.42. The van der Waals surface area contributed by atoms with Crippen molar-refractivity contribution in [2.75, 3.05) is 20.8 Å². The van der Waals surface area contributed by atoms with Crippen LogP contribution in [0.5, 0.6) is 11.5 Å². The Morgan fingerprint density at radius 1 is 1.14 bits per heavy atom. The van der Waals surface area contributed by atoms with E-state index in [1.807, 2.05) is 30.3 Å². The molecule has 0 aliphatic rings. The lowest BCUT2D eigenvalue weighted by molar-refractivity contribution is 0.0954. The third-order valence-electron chi connectivity index (χ3n) is 3.26. The first-order valence-corrected chi connectivity index (χ1v) is 7.68. The van der Waals surface area contributed by atoms with Gasteiger partial charge < -0.3 is 14.8 Å². The molecule has 0 atom stereocenters. The lowest BCUT2D eigenvalue weighted by atomic mass is 10.1. The summed E-state index contributed by atoms with van der Waals surface area (Å²) in [6.45, 7) is 0.536. The van der Waals surface area contributed by atoms with Crippen LogP contribution in [-0.2, 0) is 6.42 Å². The molecule has 0 heterocycles. The van der Waals surface area contributed by atoms with Gasteiger partial charge in [-0.05, 0) is 36.2 Å². The van der Waals surface area contributed by atoms with Crippen LogP contribution in [0.2, 0.25) is 0 Å². The van der Waals surface area contributed by atoms with Gasteiger partial charge in [-0.25, -0.2) is 0 Å². The van der Waals surface area contributed by atoms with Crippen molar-refractivity contribution < 1.29 is 14.3 Å². The number of halogens is 1. The van der Waals surface area contributed by atoms with Crippen LogP contribution >= 0.6 is 15.9 Å². The van der Waals surface area contributed by atoms with Crippen LogP contribution < -0.4 is 14.8 Å². The van der Waals surface area contributed by atoms with Crippen molar-refractivity contribution in [1.29, 1.82) is 0 Å². The van der Waals surface area contributed by atoms with Crippen molar-refractivity contribution >= 4 is 21.8 Å². The minimum Gasteiger partial charge on any atom is -0.497 e. The highest BCUT2D eigenvalue weighted by Crippen LogP contribution is 2.24. The average Bonchev–Trinajstić information content (AvgIpc) is 2.54. The van der Waals surface area contributed by atoms with Gasteiger partial charge in [0, 0.05) is 22.6 Å². The first-order chi connectivity index (χ1) is 10.6. The quantitative estimate of drug-likeness (QED) is 0.854. The maximum absolute atomic E-state index is 12.1. The Bertz CT molecular complexity index is 658. The molecule has 0 aromatic heterocycles. The number of amides is 1. The fraction of sp³-hybridized carbons (Fsp3) is 0.235. The van der Waals surface area contributed by atoms with Crippen molar-refractivity contribution in [3.63, 3.8) is 0 Å². The summed E-state index contributed by atoms with van der Waals surface area (Å²) in [4.78, 5) is 12.1. The van der Waals surface area contributed by atoms with Gasteiger partial charge in [0.2, 0.25) is 0 Å². The molecule has 4 nitrogen and oxygen atoms in total. The molecule has 0 radical (unpaired) electrons. The van der Waals surface area contributed by atoms with Crippen LogP contribution in [0.1, 0.15) is 15.9 Å². The molecule has 0 unspecified atom stereocenters. The second kappa shape index (κ2) is 7.84. The number of benzene rings is 2. The summed E-state index contributed by atoms with van der Waals surface area (Å²) >= 11 is 3.36. The molecule has 0 spiro atoms. The number of rotatable bonds is 6. The number of hydrogen-bond donors (Lipinski definition) is 1. The van der Waals surface area contributed by atoms with E-state index in [1.165, 1.54) is 0 Å². The van der Waals surface area contributed by atoms with Gasteiger partial charge in [0.05, 0.1) is 14.2 Å². The van der Waals surface area contributed by atoms with Crippen LogP contribution in [0.25, 0.3) is 0 Å². The first-order valence-electron chi connectivity index (χ1n) is 6.88. The predicted molar refractivity (Wildman–Crippen MR) is 89.7 cm³/mol. The van der Waals surface area contributed by atoms with Gasteiger partial charge in [-0.2, -0.15) is 0 Å². The van der Waals surface area contributed by atoms with Gasteiger partial charge in [-0.3, -0.25) is 4.79 Å². The van der Waals surface area contributed by atoms with E-state index >= 15 is 0 Å². The zero-order valence-electron chi connectivity index (χ0n) is 12.6. The maximum Gasteiger partial charge on any atom is 0.251 e. The molecular weight excluding hydrogens is 346 g/mol. The Kier molecular flexibility index (Phi) is 5.83. The molecule has 5 heteroatoms. The van der Waals surface area contributed by atoms with E-state index in [0.29, 0.717) is 18.5 Å². The van der Waals surface area contributed by atoms with E-state index in [1.54, 1.807) is 26.4 Å². The van der Waals surface area contributed by atoms with Crippen molar-refractivity contribution in [3.8, 4) is 11.5 Å². The van der Waals surface area contributed by atoms with E-state index in [9.17, 15) is 4.79 Å². The fourth-order valence-corrected chi connectivity index (χ4v) is 2.50. The number of carbonyl (C=O) groups is 1. The molecule has 0 saturated heterocycles. The van der Waals surface area contributed by atoms with E-state index < -0.39 is 0 Å². The third kappa shape index (κ3) is 4.24. The van der Waals surface area contributed by atoms with Crippen molar-refractivity contribution in [2.45, 2.75) is 6.42 Å². The average molecular weight is 364 g/mol. The highest BCUT2D eigenvalue weighted by molar-refractivity contribution is 9.10. The molecule has 0 aliphatic heterocycles. The van der Waals surface area contributed by atoms with E-state index in [0.717, 1.165) is 21.5 Å². The molecule has 22 heavy (non-hydrogen) atoms. The molecule has 0 fully saturated rings.